The van der Waals surface area contributed by atoms with Crippen molar-refractivity contribution >= 4 is 5.82 Å². The van der Waals surface area contributed by atoms with Crippen molar-refractivity contribution in [2.24, 2.45) is 0 Å². The number of aromatic nitrogens is 4. The average molecular weight is 207 g/mol. The van der Waals surface area contributed by atoms with Crippen LogP contribution >= 0.6 is 0 Å². The molecule has 0 saturated carbocycles. The van der Waals surface area contributed by atoms with Crippen molar-refractivity contribution in [3.05, 3.63) is 36.1 Å². The minimum atomic E-state index is -0.598. The van der Waals surface area contributed by atoms with Crippen molar-refractivity contribution < 1.29 is 4.39 Å². The normalized spacial score (nSPS) is 10.3. The highest BCUT2D eigenvalue weighted by Crippen LogP contribution is 2.05. The molecule has 2 aromatic heterocycles. The molecule has 0 aliphatic carbocycles. The third-order valence-corrected chi connectivity index (χ3v) is 1.98. The molecule has 6 heteroatoms. The smallest absolute Gasteiger partial charge is 0.233 e. The molecule has 2 aromatic rings. The highest BCUT2D eigenvalue weighted by Gasteiger charge is 2.01. The molecule has 78 valence electrons. The fraction of sp³-hybridized carbons (Fsp3) is 0.222. The first-order chi connectivity index (χ1) is 7.25. The molecule has 0 bridgehead atoms. The van der Waals surface area contributed by atoms with Gasteiger partial charge < -0.3 is 10.3 Å². The lowest BCUT2D eigenvalue weighted by Gasteiger charge is -2.03. The van der Waals surface area contributed by atoms with Crippen LogP contribution in [0.25, 0.3) is 0 Å². The minimum Gasteiger partial charge on any atom is -0.363 e. The Labute approximate surface area is 85.8 Å². The predicted octanol–water partition coefficient (Wildman–Crippen LogP) is 1.26. The Morgan fingerprint density at radius 1 is 1.47 bits per heavy atom. The monoisotopic (exact) mass is 207 g/mol. The van der Waals surface area contributed by atoms with Gasteiger partial charge in [-0.3, -0.25) is 4.98 Å². The first-order valence-electron chi connectivity index (χ1n) is 4.46. The lowest BCUT2D eigenvalue weighted by Crippen LogP contribution is -2.04. The number of anilines is 1. The Balaban J connectivity index is 2.02. The molecule has 15 heavy (non-hydrogen) atoms. The van der Waals surface area contributed by atoms with E-state index < -0.39 is 5.95 Å². The van der Waals surface area contributed by atoms with E-state index in [0.717, 1.165) is 17.6 Å². The molecular weight excluding hydrogens is 197 g/mol. The zero-order chi connectivity index (χ0) is 10.7. The van der Waals surface area contributed by atoms with E-state index in [0.29, 0.717) is 12.4 Å². The summed E-state index contributed by atoms with van der Waals surface area (Å²) in [5.41, 5.74) is 1.85. The summed E-state index contributed by atoms with van der Waals surface area (Å²) in [5, 5.41) is 2.93. The van der Waals surface area contributed by atoms with Gasteiger partial charge in [0.05, 0.1) is 31.0 Å². The minimum absolute atomic E-state index is 0.400. The van der Waals surface area contributed by atoms with E-state index in [2.05, 4.69) is 25.3 Å². The predicted molar refractivity (Wildman–Crippen MR) is 52.6 cm³/mol. The van der Waals surface area contributed by atoms with Crippen molar-refractivity contribution in [3.8, 4) is 0 Å². The van der Waals surface area contributed by atoms with Crippen LogP contribution in [0.2, 0.25) is 0 Å². The largest absolute Gasteiger partial charge is 0.363 e. The van der Waals surface area contributed by atoms with E-state index in [1.54, 1.807) is 6.33 Å². The SMILES string of the molecule is Cc1[nH]cnc1CNc1cncc(F)n1. The van der Waals surface area contributed by atoms with E-state index >= 15 is 0 Å². The molecule has 2 N–H and O–H groups in total. The van der Waals surface area contributed by atoms with E-state index in [9.17, 15) is 4.39 Å². The Kier molecular flexibility index (Phi) is 2.57. The van der Waals surface area contributed by atoms with Crippen molar-refractivity contribution in [3.63, 3.8) is 0 Å². The fourth-order valence-electron chi connectivity index (χ4n) is 1.17. The molecule has 0 aliphatic heterocycles. The van der Waals surface area contributed by atoms with Crippen molar-refractivity contribution in [2.45, 2.75) is 13.5 Å². The fourth-order valence-corrected chi connectivity index (χ4v) is 1.17. The topological polar surface area (TPSA) is 66.5 Å². The molecule has 0 atom stereocenters. The maximum Gasteiger partial charge on any atom is 0.233 e. The molecule has 0 spiro atoms. The van der Waals surface area contributed by atoms with Crippen LogP contribution < -0.4 is 5.32 Å². The van der Waals surface area contributed by atoms with Crippen LogP contribution in [0, 0.1) is 12.9 Å². The van der Waals surface area contributed by atoms with Gasteiger partial charge in [-0.15, -0.1) is 0 Å². The summed E-state index contributed by atoms with van der Waals surface area (Å²) in [6.45, 7) is 2.41. The lowest BCUT2D eigenvalue weighted by atomic mass is 10.3. The van der Waals surface area contributed by atoms with Gasteiger partial charge in [-0.05, 0) is 6.92 Å². The second-order valence-corrected chi connectivity index (χ2v) is 3.05. The zero-order valence-corrected chi connectivity index (χ0v) is 8.16. The zero-order valence-electron chi connectivity index (χ0n) is 8.16. The van der Waals surface area contributed by atoms with Gasteiger partial charge >= 0.3 is 0 Å². The number of halogens is 1. The van der Waals surface area contributed by atoms with Crippen LogP contribution in [0.5, 0.6) is 0 Å². The molecule has 0 amide bonds. The summed E-state index contributed by atoms with van der Waals surface area (Å²) >= 11 is 0. The van der Waals surface area contributed by atoms with Gasteiger partial charge in [-0.25, -0.2) is 4.98 Å². The maximum atomic E-state index is 12.7. The summed E-state index contributed by atoms with van der Waals surface area (Å²) in [5.74, 6) is -0.198. The third-order valence-electron chi connectivity index (χ3n) is 1.98. The first kappa shape index (κ1) is 9.57. The van der Waals surface area contributed by atoms with E-state index in [-0.39, 0.29) is 0 Å². The van der Waals surface area contributed by atoms with Gasteiger partial charge in [0.25, 0.3) is 0 Å². The summed E-state index contributed by atoms with van der Waals surface area (Å²) in [6.07, 6.45) is 4.14. The van der Waals surface area contributed by atoms with E-state index in [1.165, 1.54) is 6.20 Å². The molecule has 2 rings (SSSR count). The highest BCUT2D eigenvalue weighted by molar-refractivity contribution is 5.31. The molecule has 0 saturated heterocycles. The Bertz CT molecular complexity index is 453. The summed E-state index contributed by atoms with van der Waals surface area (Å²) in [7, 11) is 0. The molecule has 5 nitrogen and oxygen atoms in total. The van der Waals surface area contributed by atoms with Gasteiger partial charge in [0.15, 0.2) is 0 Å². The first-order valence-corrected chi connectivity index (χ1v) is 4.46. The van der Waals surface area contributed by atoms with Crippen LogP contribution in [0.1, 0.15) is 11.4 Å². The van der Waals surface area contributed by atoms with Crippen LogP contribution in [0.3, 0.4) is 0 Å². The molecule has 0 aromatic carbocycles. The quantitative estimate of drug-likeness (QED) is 0.795. The number of imidazole rings is 1. The van der Waals surface area contributed by atoms with Gasteiger partial charge in [0, 0.05) is 5.69 Å². The Hall–Kier alpha value is -1.98. The van der Waals surface area contributed by atoms with Crippen LogP contribution in [0.15, 0.2) is 18.7 Å². The van der Waals surface area contributed by atoms with Gasteiger partial charge in [0.1, 0.15) is 5.82 Å². The summed E-state index contributed by atoms with van der Waals surface area (Å²) in [6, 6.07) is 0. The molecular formula is C9H10FN5. The van der Waals surface area contributed by atoms with Crippen LogP contribution in [-0.4, -0.2) is 19.9 Å². The number of aromatic amines is 1. The second kappa shape index (κ2) is 4.04. The summed E-state index contributed by atoms with van der Waals surface area (Å²) < 4.78 is 12.7. The van der Waals surface area contributed by atoms with Crippen molar-refractivity contribution in [2.75, 3.05) is 5.32 Å². The van der Waals surface area contributed by atoms with Gasteiger partial charge in [0.2, 0.25) is 5.95 Å². The second-order valence-electron chi connectivity index (χ2n) is 3.05. The standard InChI is InChI=1S/C9H10FN5/c1-6-7(14-5-13-6)2-12-9-4-11-3-8(10)15-9/h3-5H,2H2,1H3,(H,12,15)(H,13,14). The highest BCUT2D eigenvalue weighted by atomic mass is 19.1. The maximum absolute atomic E-state index is 12.7. The Morgan fingerprint density at radius 2 is 2.33 bits per heavy atom. The van der Waals surface area contributed by atoms with Crippen molar-refractivity contribution in [1.29, 1.82) is 0 Å². The Morgan fingerprint density at radius 3 is 3.00 bits per heavy atom. The number of aryl methyl sites for hydroxylation is 1. The molecule has 0 unspecified atom stereocenters. The van der Waals surface area contributed by atoms with E-state index in [1.807, 2.05) is 6.92 Å². The van der Waals surface area contributed by atoms with Crippen molar-refractivity contribution in [1.82, 2.24) is 19.9 Å². The number of rotatable bonds is 3. The van der Waals surface area contributed by atoms with Crippen LogP contribution in [0.4, 0.5) is 10.2 Å². The van der Waals surface area contributed by atoms with Crippen LogP contribution in [-0.2, 0) is 6.54 Å². The number of hydrogen-bond acceptors (Lipinski definition) is 4. The number of nitrogens with one attached hydrogen (secondary N) is 2. The number of hydrogen-bond donors (Lipinski definition) is 2. The van der Waals surface area contributed by atoms with Gasteiger partial charge in [-0.1, -0.05) is 0 Å². The lowest BCUT2D eigenvalue weighted by molar-refractivity contribution is 0.578. The molecule has 0 aliphatic rings. The average Bonchev–Trinajstić information content (AvgIpc) is 2.61. The number of nitrogens with zero attached hydrogens (tertiary/aromatic N) is 3. The molecule has 2 heterocycles. The molecule has 0 radical (unpaired) electrons. The number of H-pyrrole nitrogens is 1. The third kappa shape index (κ3) is 2.28. The molecule has 0 fully saturated rings. The van der Waals surface area contributed by atoms with Gasteiger partial charge in [-0.2, -0.15) is 9.37 Å². The van der Waals surface area contributed by atoms with E-state index in [4.69, 9.17) is 0 Å². The summed E-state index contributed by atoms with van der Waals surface area (Å²) in [4.78, 5) is 14.4.